The van der Waals surface area contributed by atoms with Crippen LogP contribution in [0.1, 0.15) is 67.4 Å². The number of nitrogens with one attached hydrogen (secondary N) is 1. The number of allylic oxidation sites excluding steroid dienone is 1. The first-order valence-corrected chi connectivity index (χ1v) is 15.9. The molecule has 3 aliphatic heterocycles. The summed E-state index contributed by atoms with van der Waals surface area (Å²) in [5, 5.41) is 0.519. The lowest BCUT2D eigenvalue weighted by Gasteiger charge is -2.32. The van der Waals surface area contributed by atoms with Gasteiger partial charge in [0.25, 0.3) is 5.91 Å². The third-order valence-corrected chi connectivity index (χ3v) is 8.78. The summed E-state index contributed by atoms with van der Waals surface area (Å²) in [4.78, 5) is 44.1. The molecule has 0 aliphatic carbocycles. The highest BCUT2D eigenvalue weighted by Crippen LogP contribution is 2.36. The molecule has 5 rings (SSSR count). The van der Waals surface area contributed by atoms with Crippen LogP contribution in [-0.2, 0) is 11.2 Å². The van der Waals surface area contributed by atoms with Crippen LogP contribution in [0.4, 0.5) is 15.3 Å². The second-order valence-corrected chi connectivity index (χ2v) is 12.0. The summed E-state index contributed by atoms with van der Waals surface area (Å²) in [5.74, 6) is 1.00. The lowest BCUT2D eigenvalue weighted by atomic mass is 9.97. The second-order valence-electron chi connectivity index (χ2n) is 10.8. The Morgan fingerprint density at radius 2 is 1.81 bits per heavy atom. The van der Waals surface area contributed by atoms with E-state index in [9.17, 15) is 14.4 Å². The Hall–Kier alpha value is -3.70. The highest BCUT2D eigenvalue weighted by atomic mass is 32.2. The maximum Gasteiger partial charge on any atom is 0.436 e. The standard InChI is InChI=1S/C32H40N4O6S/c1-4-41-27-14-12-25(21-28(27)40-3)30(37)35-18-8-10-23-20-24(11-13-26(23)35)29-22(2)43-32(39)36(33-29)31(38)42-19-9-17-34-15-6-5-7-16-34/h11-14,20-21,33H,4-10,15-19H2,1-3H3. The monoisotopic (exact) mass is 608 g/mol. The number of benzene rings is 2. The van der Waals surface area contributed by atoms with Gasteiger partial charge in [0.1, 0.15) is 0 Å². The molecule has 230 valence electrons. The number of hydrogen-bond donors (Lipinski definition) is 1. The molecule has 43 heavy (non-hydrogen) atoms. The molecule has 3 amide bonds. The molecule has 0 spiro atoms. The number of anilines is 1. The zero-order valence-electron chi connectivity index (χ0n) is 25.1. The third-order valence-electron chi connectivity index (χ3n) is 7.92. The number of carbonyl (C=O) groups is 3. The Bertz CT molecular complexity index is 1390. The van der Waals surface area contributed by atoms with Gasteiger partial charge in [0.05, 0.1) is 26.0 Å². The van der Waals surface area contributed by atoms with Crippen LogP contribution in [-0.4, -0.2) is 73.7 Å². The third kappa shape index (κ3) is 7.10. The number of likely N-dealkylation sites (tertiary alicyclic amines) is 1. The minimum absolute atomic E-state index is 0.114. The number of nitrogens with zero attached hydrogens (tertiary/aromatic N) is 3. The number of piperidine rings is 1. The molecule has 3 aliphatic rings. The van der Waals surface area contributed by atoms with Crippen LogP contribution >= 0.6 is 11.8 Å². The van der Waals surface area contributed by atoms with Gasteiger partial charge in [-0.3, -0.25) is 15.0 Å². The van der Waals surface area contributed by atoms with E-state index in [4.69, 9.17) is 14.2 Å². The summed E-state index contributed by atoms with van der Waals surface area (Å²) in [5.41, 5.74) is 6.88. The van der Waals surface area contributed by atoms with E-state index < -0.39 is 11.3 Å². The number of carbonyl (C=O) groups excluding carboxylic acids is 3. The number of hydrazine groups is 1. The number of hydrogen-bond acceptors (Lipinski definition) is 9. The molecule has 0 aromatic heterocycles. The molecule has 0 atom stereocenters. The van der Waals surface area contributed by atoms with E-state index in [-0.39, 0.29) is 12.5 Å². The molecule has 0 radical (unpaired) electrons. The van der Waals surface area contributed by atoms with Gasteiger partial charge in [0.2, 0.25) is 0 Å². The van der Waals surface area contributed by atoms with Crippen molar-refractivity contribution in [1.82, 2.24) is 15.3 Å². The molecule has 0 saturated carbocycles. The molecular formula is C32H40N4O6S. The van der Waals surface area contributed by atoms with E-state index in [1.54, 1.807) is 30.2 Å². The number of aryl methyl sites for hydroxylation is 1. The molecule has 2 aromatic carbocycles. The number of imide groups is 1. The average Bonchev–Trinajstić information content (AvgIpc) is 3.03. The number of methoxy groups -OCH3 is 1. The molecule has 10 nitrogen and oxygen atoms in total. The van der Waals surface area contributed by atoms with Crippen LogP contribution < -0.4 is 19.8 Å². The first-order chi connectivity index (χ1) is 20.9. The largest absolute Gasteiger partial charge is 0.493 e. The van der Waals surface area contributed by atoms with E-state index >= 15 is 0 Å². The van der Waals surface area contributed by atoms with Crippen molar-refractivity contribution in [3.8, 4) is 11.5 Å². The number of amides is 3. The van der Waals surface area contributed by atoms with Crippen molar-refractivity contribution < 1.29 is 28.6 Å². The molecule has 2 aromatic rings. The van der Waals surface area contributed by atoms with Crippen LogP contribution in [0, 0.1) is 0 Å². The molecule has 11 heteroatoms. The van der Waals surface area contributed by atoms with Crippen molar-refractivity contribution in [3.05, 3.63) is 58.0 Å². The van der Waals surface area contributed by atoms with Crippen molar-refractivity contribution in [2.24, 2.45) is 0 Å². The molecular weight excluding hydrogens is 568 g/mol. The van der Waals surface area contributed by atoms with Gasteiger partial charge >= 0.3 is 11.3 Å². The van der Waals surface area contributed by atoms with Crippen LogP contribution in [0.25, 0.3) is 5.70 Å². The molecule has 1 saturated heterocycles. The minimum Gasteiger partial charge on any atom is -0.493 e. The van der Waals surface area contributed by atoms with Gasteiger partial charge in [-0.2, -0.15) is 0 Å². The molecule has 3 heterocycles. The van der Waals surface area contributed by atoms with Crippen molar-refractivity contribution in [2.75, 3.05) is 51.4 Å². The lowest BCUT2D eigenvalue weighted by Crippen LogP contribution is -2.47. The summed E-state index contributed by atoms with van der Waals surface area (Å²) in [6.07, 6.45) is 5.35. The van der Waals surface area contributed by atoms with Gasteiger partial charge in [-0.05, 0) is 107 Å². The predicted octanol–water partition coefficient (Wildman–Crippen LogP) is 6.06. The van der Waals surface area contributed by atoms with Crippen LogP contribution in [0.15, 0.2) is 41.3 Å². The van der Waals surface area contributed by atoms with Gasteiger partial charge in [-0.15, -0.1) is 5.01 Å². The normalized spacial score (nSPS) is 17.3. The maximum absolute atomic E-state index is 13.6. The van der Waals surface area contributed by atoms with E-state index in [2.05, 4.69) is 10.3 Å². The number of fused-ring (bicyclic) bond motifs is 1. The SMILES string of the molecule is CCOc1ccc(C(=O)N2CCCc3cc(C4=C(C)SC(=O)N(C(=O)OCCCN5CCCCC5)N4)ccc32)cc1OC. The first kappa shape index (κ1) is 30.7. The fraction of sp³-hybridized carbons (Fsp3) is 0.469. The zero-order valence-corrected chi connectivity index (χ0v) is 26.0. The topological polar surface area (TPSA) is 101 Å². The van der Waals surface area contributed by atoms with Crippen LogP contribution in [0.3, 0.4) is 0 Å². The predicted molar refractivity (Wildman–Crippen MR) is 167 cm³/mol. The van der Waals surface area contributed by atoms with E-state index in [0.717, 1.165) is 77.4 Å². The zero-order chi connectivity index (χ0) is 30.3. The highest BCUT2D eigenvalue weighted by Gasteiger charge is 2.32. The van der Waals surface area contributed by atoms with E-state index in [0.29, 0.717) is 35.9 Å². The van der Waals surface area contributed by atoms with Gasteiger partial charge in [0.15, 0.2) is 11.5 Å². The Morgan fingerprint density at radius 3 is 2.58 bits per heavy atom. The number of ether oxygens (including phenoxy) is 3. The van der Waals surface area contributed by atoms with Gasteiger partial charge in [-0.1, -0.05) is 12.5 Å². The first-order valence-electron chi connectivity index (χ1n) is 15.0. The van der Waals surface area contributed by atoms with E-state index in [1.807, 2.05) is 32.0 Å². The fourth-order valence-electron chi connectivity index (χ4n) is 5.74. The van der Waals surface area contributed by atoms with Crippen molar-refractivity contribution in [1.29, 1.82) is 0 Å². The Labute approximate surface area is 257 Å². The summed E-state index contributed by atoms with van der Waals surface area (Å²) >= 11 is 0.999. The average molecular weight is 609 g/mol. The Kier molecular flexibility index (Phi) is 10.1. The van der Waals surface area contributed by atoms with Crippen LogP contribution in [0.2, 0.25) is 0 Å². The van der Waals surface area contributed by atoms with Crippen molar-refractivity contribution in [3.63, 3.8) is 0 Å². The van der Waals surface area contributed by atoms with Gasteiger partial charge in [0, 0.05) is 34.8 Å². The molecule has 0 unspecified atom stereocenters. The second kappa shape index (κ2) is 14.2. The van der Waals surface area contributed by atoms with Gasteiger partial charge < -0.3 is 24.0 Å². The smallest absolute Gasteiger partial charge is 0.436 e. The maximum atomic E-state index is 13.6. The van der Waals surface area contributed by atoms with Crippen molar-refractivity contribution in [2.45, 2.75) is 52.4 Å². The Morgan fingerprint density at radius 1 is 1.00 bits per heavy atom. The van der Waals surface area contributed by atoms with Crippen molar-refractivity contribution >= 4 is 40.4 Å². The minimum atomic E-state index is -0.707. The fourth-order valence-corrected chi connectivity index (χ4v) is 6.48. The lowest BCUT2D eigenvalue weighted by molar-refractivity contribution is 0.0981. The summed E-state index contributed by atoms with van der Waals surface area (Å²) < 4.78 is 16.5. The quantitative estimate of drug-likeness (QED) is 0.341. The summed E-state index contributed by atoms with van der Waals surface area (Å²) in [6, 6.07) is 11.1. The molecule has 0 bridgehead atoms. The Balaban J connectivity index is 1.27. The number of thioether (sulfide) groups is 1. The number of rotatable bonds is 9. The summed E-state index contributed by atoms with van der Waals surface area (Å²) in [6.45, 7) is 8.17. The van der Waals surface area contributed by atoms with Crippen LogP contribution in [0.5, 0.6) is 11.5 Å². The molecule has 1 fully saturated rings. The molecule has 1 N–H and O–H groups in total. The van der Waals surface area contributed by atoms with E-state index in [1.165, 1.54) is 19.3 Å². The van der Waals surface area contributed by atoms with Gasteiger partial charge in [-0.25, -0.2) is 4.79 Å². The highest BCUT2D eigenvalue weighted by molar-refractivity contribution is 8.17. The summed E-state index contributed by atoms with van der Waals surface area (Å²) in [7, 11) is 1.56.